The standard InChI is InChI=1S/C25H34N2O5S/c1-17-12-18(2)14-19(13-17)27(33(6,29)30)11-7-8-24(28)26-22-16-25(3,4)32-23-15-20(31-5)9-10-21(22)23/h9-10,12-15,22H,7-8,11,16H2,1-6H3,(H,26,28)/t22-/m0/s1. The van der Waals surface area contributed by atoms with Gasteiger partial charge in [-0.25, -0.2) is 8.42 Å². The summed E-state index contributed by atoms with van der Waals surface area (Å²) < 4.78 is 37.6. The normalized spacial score (nSPS) is 17.0. The fraction of sp³-hybridized carbons (Fsp3) is 0.480. The van der Waals surface area contributed by atoms with Gasteiger partial charge in [-0.1, -0.05) is 6.07 Å². The second-order valence-electron chi connectivity index (χ2n) is 9.37. The number of hydrogen-bond acceptors (Lipinski definition) is 5. The van der Waals surface area contributed by atoms with Crippen LogP contribution in [0, 0.1) is 13.8 Å². The van der Waals surface area contributed by atoms with Crippen LogP contribution in [0.1, 0.15) is 55.8 Å². The van der Waals surface area contributed by atoms with E-state index in [1.165, 1.54) is 10.6 Å². The largest absolute Gasteiger partial charge is 0.497 e. The monoisotopic (exact) mass is 474 g/mol. The third-order valence-corrected chi connectivity index (χ3v) is 6.87. The number of carbonyl (C=O) groups excluding carboxylic acids is 1. The van der Waals surface area contributed by atoms with Crippen LogP contribution in [-0.4, -0.2) is 39.8 Å². The van der Waals surface area contributed by atoms with Gasteiger partial charge < -0.3 is 14.8 Å². The molecule has 2 aromatic carbocycles. The summed E-state index contributed by atoms with van der Waals surface area (Å²) in [4.78, 5) is 12.8. The Balaban J connectivity index is 1.67. The molecule has 8 heteroatoms. The number of rotatable bonds is 8. The molecule has 0 fully saturated rings. The van der Waals surface area contributed by atoms with Crippen LogP contribution in [0.3, 0.4) is 0 Å². The molecule has 0 spiro atoms. The number of amides is 1. The fourth-order valence-corrected chi connectivity index (χ4v) is 5.27. The molecule has 0 aliphatic carbocycles. The molecule has 1 aliphatic heterocycles. The lowest BCUT2D eigenvalue weighted by molar-refractivity contribution is -0.122. The summed E-state index contributed by atoms with van der Waals surface area (Å²) in [5, 5.41) is 3.11. The molecule has 1 heterocycles. The molecule has 1 N–H and O–H groups in total. The Labute approximate surface area is 197 Å². The lowest BCUT2D eigenvalue weighted by atomic mass is 9.89. The Kier molecular flexibility index (Phi) is 7.26. The number of nitrogens with one attached hydrogen (secondary N) is 1. The lowest BCUT2D eigenvalue weighted by Crippen LogP contribution is -2.41. The van der Waals surface area contributed by atoms with Gasteiger partial charge in [-0.05, 0) is 69.5 Å². The van der Waals surface area contributed by atoms with E-state index < -0.39 is 15.6 Å². The topological polar surface area (TPSA) is 84.9 Å². The fourth-order valence-electron chi connectivity index (χ4n) is 4.32. The highest BCUT2D eigenvalue weighted by Crippen LogP contribution is 2.41. The van der Waals surface area contributed by atoms with Gasteiger partial charge in [0, 0.05) is 31.0 Å². The molecular weight excluding hydrogens is 440 g/mol. The van der Waals surface area contributed by atoms with Crippen molar-refractivity contribution < 1.29 is 22.7 Å². The van der Waals surface area contributed by atoms with Crippen LogP contribution < -0.4 is 19.1 Å². The van der Waals surface area contributed by atoms with Crippen LogP contribution in [0.15, 0.2) is 36.4 Å². The molecular formula is C25H34N2O5S. The highest BCUT2D eigenvalue weighted by molar-refractivity contribution is 7.92. The first kappa shape index (κ1) is 24.9. The zero-order valence-corrected chi connectivity index (χ0v) is 21.1. The van der Waals surface area contributed by atoms with Gasteiger partial charge in [0.15, 0.2) is 0 Å². The Morgan fingerprint density at radius 1 is 1.18 bits per heavy atom. The maximum Gasteiger partial charge on any atom is 0.232 e. The molecule has 0 saturated carbocycles. The smallest absolute Gasteiger partial charge is 0.232 e. The summed E-state index contributed by atoms with van der Waals surface area (Å²) in [5.41, 5.74) is 3.09. The first-order valence-electron chi connectivity index (χ1n) is 11.1. The summed E-state index contributed by atoms with van der Waals surface area (Å²) in [6.45, 7) is 8.09. The minimum Gasteiger partial charge on any atom is -0.497 e. The molecule has 2 aromatic rings. The zero-order valence-electron chi connectivity index (χ0n) is 20.3. The van der Waals surface area contributed by atoms with Crippen molar-refractivity contribution in [3.8, 4) is 11.5 Å². The third kappa shape index (κ3) is 6.41. The number of aryl methyl sites for hydroxylation is 2. The van der Waals surface area contributed by atoms with Crippen molar-refractivity contribution in [1.29, 1.82) is 0 Å². The SMILES string of the molecule is COc1ccc2c(c1)OC(C)(C)C[C@@H]2NC(=O)CCCN(c1cc(C)cc(C)c1)S(C)(=O)=O. The van der Waals surface area contributed by atoms with Gasteiger partial charge in [0.05, 0.1) is 25.1 Å². The Morgan fingerprint density at radius 2 is 1.85 bits per heavy atom. The summed E-state index contributed by atoms with van der Waals surface area (Å²) >= 11 is 0. The van der Waals surface area contributed by atoms with Gasteiger partial charge in [-0.3, -0.25) is 9.10 Å². The summed E-state index contributed by atoms with van der Waals surface area (Å²) in [7, 11) is -1.86. The van der Waals surface area contributed by atoms with Gasteiger partial charge in [0.2, 0.25) is 15.9 Å². The Bertz CT molecular complexity index is 1110. The molecule has 3 rings (SSSR count). The van der Waals surface area contributed by atoms with E-state index in [0.29, 0.717) is 30.0 Å². The number of fused-ring (bicyclic) bond motifs is 1. The summed E-state index contributed by atoms with van der Waals surface area (Å²) in [6, 6.07) is 11.1. The maximum absolute atomic E-state index is 12.8. The molecule has 0 radical (unpaired) electrons. The van der Waals surface area contributed by atoms with Gasteiger partial charge in [-0.2, -0.15) is 0 Å². The predicted molar refractivity (Wildman–Crippen MR) is 131 cm³/mol. The van der Waals surface area contributed by atoms with Crippen LogP contribution in [0.2, 0.25) is 0 Å². The van der Waals surface area contributed by atoms with Crippen molar-refractivity contribution in [3.05, 3.63) is 53.1 Å². The average molecular weight is 475 g/mol. The number of hydrogen-bond donors (Lipinski definition) is 1. The van der Waals surface area contributed by atoms with Gasteiger partial charge in [-0.15, -0.1) is 0 Å². The second-order valence-corrected chi connectivity index (χ2v) is 11.3. The third-order valence-electron chi connectivity index (χ3n) is 5.67. The van der Waals surface area contributed by atoms with E-state index in [2.05, 4.69) is 5.32 Å². The van der Waals surface area contributed by atoms with Crippen molar-refractivity contribution >= 4 is 21.6 Å². The first-order valence-corrected chi connectivity index (χ1v) is 12.9. The van der Waals surface area contributed by atoms with Gasteiger partial charge in [0.25, 0.3) is 0 Å². The van der Waals surface area contributed by atoms with Crippen LogP contribution in [0.5, 0.6) is 11.5 Å². The van der Waals surface area contributed by atoms with Crippen LogP contribution in [0.4, 0.5) is 5.69 Å². The zero-order chi connectivity index (χ0) is 24.4. The van der Waals surface area contributed by atoms with E-state index in [-0.39, 0.29) is 24.9 Å². The van der Waals surface area contributed by atoms with Crippen molar-refractivity contribution in [2.24, 2.45) is 0 Å². The quantitative estimate of drug-likeness (QED) is 0.617. The Morgan fingerprint density at radius 3 is 2.45 bits per heavy atom. The summed E-state index contributed by atoms with van der Waals surface area (Å²) in [6.07, 6.45) is 2.46. The van der Waals surface area contributed by atoms with Crippen LogP contribution >= 0.6 is 0 Å². The molecule has 7 nitrogen and oxygen atoms in total. The Hall–Kier alpha value is -2.74. The first-order chi connectivity index (χ1) is 15.4. The van der Waals surface area contributed by atoms with Crippen molar-refractivity contribution in [2.45, 2.75) is 58.6 Å². The maximum atomic E-state index is 12.8. The van der Waals surface area contributed by atoms with E-state index in [1.54, 1.807) is 7.11 Å². The number of methoxy groups -OCH3 is 1. The van der Waals surface area contributed by atoms with Crippen molar-refractivity contribution in [2.75, 3.05) is 24.2 Å². The molecule has 1 aliphatic rings. The molecule has 1 amide bonds. The van der Waals surface area contributed by atoms with Crippen LogP contribution in [0.25, 0.3) is 0 Å². The number of benzene rings is 2. The number of sulfonamides is 1. The van der Waals surface area contributed by atoms with E-state index in [4.69, 9.17) is 9.47 Å². The van der Waals surface area contributed by atoms with E-state index in [9.17, 15) is 13.2 Å². The molecule has 0 bridgehead atoms. The van der Waals surface area contributed by atoms with Crippen molar-refractivity contribution in [3.63, 3.8) is 0 Å². The molecule has 33 heavy (non-hydrogen) atoms. The van der Waals surface area contributed by atoms with Crippen molar-refractivity contribution in [1.82, 2.24) is 5.32 Å². The average Bonchev–Trinajstić information content (AvgIpc) is 2.68. The van der Waals surface area contributed by atoms with E-state index in [0.717, 1.165) is 16.7 Å². The minimum absolute atomic E-state index is 0.117. The number of carbonyl (C=O) groups is 1. The highest BCUT2D eigenvalue weighted by atomic mass is 32.2. The lowest BCUT2D eigenvalue weighted by Gasteiger charge is -2.38. The molecule has 0 unspecified atom stereocenters. The van der Waals surface area contributed by atoms with E-state index in [1.807, 2.05) is 64.1 Å². The number of nitrogens with zero attached hydrogens (tertiary/aromatic N) is 1. The highest BCUT2D eigenvalue weighted by Gasteiger charge is 2.34. The predicted octanol–water partition coefficient (Wildman–Crippen LogP) is 4.28. The second kappa shape index (κ2) is 9.63. The van der Waals surface area contributed by atoms with E-state index >= 15 is 0 Å². The molecule has 1 atom stereocenters. The minimum atomic E-state index is -3.47. The van der Waals surface area contributed by atoms with Gasteiger partial charge >= 0.3 is 0 Å². The summed E-state index contributed by atoms with van der Waals surface area (Å²) in [5.74, 6) is 1.28. The number of anilines is 1. The molecule has 0 aromatic heterocycles. The molecule has 0 saturated heterocycles. The number of ether oxygens (including phenoxy) is 2. The van der Waals surface area contributed by atoms with Gasteiger partial charge in [0.1, 0.15) is 17.1 Å². The molecule has 180 valence electrons. The van der Waals surface area contributed by atoms with Crippen LogP contribution in [-0.2, 0) is 14.8 Å².